The fourth-order valence-corrected chi connectivity index (χ4v) is 13.5. The van der Waals surface area contributed by atoms with Crippen LogP contribution in [0.1, 0.15) is 13.8 Å². The van der Waals surface area contributed by atoms with Crippen LogP contribution < -0.4 is 9.47 Å². The number of hydrogen-bond acceptors (Lipinski definition) is 8. The van der Waals surface area contributed by atoms with E-state index in [9.17, 15) is 0 Å². The maximum absolute atomic E-state index is 9.00. The molecule has 20 aromatic rings. The van der Waals surface area contributed by atoms with Crippen LogP contribution in [0.2, 0.25) is 0 Å². The Morgan fingerprint density at radius 2 is 0.573 bits per heavy atom. The van der Waals surface area contributed by atoms with E-state index in [1.54, 1.807) is 0 Å². The van der Waals surface area contributed by atoms with Crippen LogP contribution in [0.5, 0.6) is 23.0 Å². The summed E-state index contributed by atoms with van der Waals surface area (Å²) in [7, 11) is 0. The Bertz CT molecular complexity index is 5790. The molecule has 0 saturated carbocycles. The molecule has 8 aromatic heterocycles. The molecule has 0 spiro atoms. The number of carboxylic acids is 2. The van der Waals surface area contributed by atoms with Crippen molar-refractivity contribution in [2.45, 2.75) is 13.8 Å². The SMILES string of the molecule is CC(=O)O.CC(=O)O.[Pd+2].[Pd].[c-]1c(Oc2[c-]c3c(cc2)c2ccccc2n2c4ccccc4nc32)ccc2c1c1nc3ccccc3n1c1ccccc21.c1ccc2c(c1)nc1c3cc(Oc4ccc5c6ccccc6n6c7ccccc7nc6c5c4)ccc3c3ccccc3n21. The standard InChI is InChI=1S/C38H22N4O.C38H20N4O.2C2H4O2.2Pd/c2*1-5-13-33-27(9-1)25-19-17-23(21-29(25)37-39-31-11-3-7-15-35(31)41(33)37)43-24-18-20-26-28-10-2-6-14-34(28)42-36-16-8-4-12-32(36)40-38(42)30(26)22-24;2*1-2(3)4;;/h1-22H;1-20H;2*1H3,(H,3,4);;/q;-2;;;;+2. The zero-order valence-corrected chi connectivity index (χ0v) is 54.1. The molecule has 2 N–H and O–H groups in total. The smallest absolute Gasteiger partial charge is 0.497 e. The molecule has 0 aliphatic heterocycles. The minimum atomic E-state index is -0.833. The second kappa shape index (κ2) is 24.4. The van der Waals surface area contributed by atoms with Crippen LogP contribution in [0, 0.1) is 12.1 Å². The predicted octanol–water partition coefficient (Wildman–Crippen LogP) is 19.2. The Labute approximate surface area is 572 Å². The van der Waals surface area contributed by atoms with Crippen molar-refractivity contribution >= 4 is 165 Å². The number of para-hydroxylation sites is 12. The summed E-state index contributed by atoms with van der Waals surface area (Å²) in [6, 6.07) is 95.0. The van der Waals surface area contributed by atoms with Crippen LogP contribution in [-0.4, -0.2) is 59.7 Å². The third kappa shape index (κ3) is 10.1. The third-order valence-corrected chi connectivity index (χ3v) is 17.2. The molecule has 0 aliphatic carbocycles. The molecule has 12 aromatic carbocycles. The summed E-state index contributed by atoms with van der Waals surface area (Å²) in [4.78, 5) is 38.2. The van der Waals surface area contributed by atoms with Gasteiger partial charge in [-0.3, -0.25) is 28.4 Å². The number of ether oxygens (including phenoxy) is 2. The number of hydrogen-bond donors (Lipinski definition) is 2. The number of fused-ring (bicyclic) bond motifs is 32. The molecule has 466 valence electrons. The number of aliphatic carboxylic acids is 2. The van der Waals surface area contributed by atoms with E-state index < -0.39 is 11.9 Å². The number of pyridine rings is 4. The summed E-state index contributed by atoms with van der Waals surface area (Å²) in [5, 5.41) is 27.9. The first-order valence-corrected chi connectivity index (χ1v) is 30.6. The van der Waals surface area contributed by atoms with Crippen molar-refractivity contribution in [1.29, 1.82) is 0 Å². The van der Waals surface area contributed by atoms with Gasteiger partial charge in [-0.15, -0.1) is 12.1 Å². The fourth-order valence-electron chi connectivity index (χ4n) is 13.5. The monoisotopic (exact) mass is 1430 g/mol. The van der Waals surface area contributed by atoms with Crippen molar-refractivity contribution in [3.8, 4) is 23.0 Å². The molecule has 0 fully saturated rings. The van der Waals surface area contributed by atoms with Crippen LogP contribution in [0.15, 0.2) is 255 Å². The molecule has 14 nitrogen and oxygen atoms in total. The Morgan fingerprint density at radius 3 is 0.906 bits per heavy atom. The number of imidazole rings is 4. The average Bonchev–Trinajstić information content (AvgIpc) is 1.52. The number of rotatable bonds is 4. The van der Waals surface area contributed by atoms with Crippen LogP contribution in [0.3, 0.4) is 0 Å². The molecule has 0 saturated heterocycles. The van der Waals surface area contributed by atoms with Gasteiger partial charge in [-0.25, -0.2) is 9.97 Å². The number of aromatic nitrogens is 8. The number of carboxylic acid groups (broad SMARTS) is 2. The minimum absolute atomic E-state index is 0. The van der Waals surface area contributed by atoms with Crippen LogP contribution >= 0.6 is 0 Å². The molecular weight excluding hydrogens is 1380 g/mol. The van der Waals surface area contributed by atoms with Crippen molar-refractivity contribution in [3.63, 3.8) is 0 Å². The normalized spacial score (nSPS) is 11.4. The van der Waals surface area contributed by atoms with Gasteiger partial charge in [0.05, 0.1) is 66.5 Å². The molecular formula is C80H50N8O6Pd2. The molecule has 8 heterocycles. The number of nitrogens with zero attached hydrogens (tertiary/aromatic N) is 8. The summed E-state index contributed by atoms with van der Waals surface area (Å²) in [5.41, 5.74) is 16.3. The van der Waals surface area contributed by atoms with Gasteiger partial charge in [0, 0.05) is 78.3 Å². The van der Waals surface area contributed by atoms with Gasteiger partial charge in [0.2, 0.25) is 0 Å². The summed E-state index contributed by atoms with van der Waals surface area (Å²) in [5.74, 6) is 1.08. The minimum Gasteiger partial charge on any atom is -0.497 e. The van der Waals surface area contributed by atoms with E-state index in [2.05, 4.69) is 248 Å². The first-order chi connectivity index (χ1) is 46.1. The van der Waals surface area contributed by atoms with Crippen LogP contribution in [0.25, 0.3) is 153 Å². The van der Waals surface area contributed by atoms with Crippen molar-refractivity contribution in [2.24, 2.45) is 0 Å². The molecule has 20 rings (SSSR count). The van der Waals surface area contributed by atoms with Gasteiger partial charge in [0.25, 0.3) is 11.9 Å². The van der Waals surface area contributed by atoms with Crippen molar-refractivity contribution in [2.75, 3.05) is 0 Å². The van der Waals surface area contributed by atoms with Crippen molar-refractivity contribution < 1.29 is 70.1 Å². The Balaban J connectivity index is 0.000000139. The Morgan fingerprint density at radius 1 is 0.312 bits per heavy atom. The molecule has 0 bridgehead atoms. The first kappa shape index (κ1) is 60.6. The van der Waals surface area contributed by atoms with Crippen molar-refractivity contribution in [3.05, 3.63) is 267 Å². The summed E-state index contributed by atoms with van der Waals surface area (Å²) < 4.78 is 22.0. The molecule has 16 heteroatoms. The van der Waals surface area contributed by atoms with E-state index in [0.717, 1.165) is 168 Å². The van der Waals surface area contributed by atoms with E-state index in [1.807, 2.05) is 36.4 Å². The van der Waals surface area contributed by atoms with E-state index >= 15 is 0 Å². The van der Waals surface area contributed by atoms with Gasteiger partial charge in [-0.05, 0) is 131 Å². The zero-order chi connectivity index (χ0) is 63.3. The molecule has 0 radical (unpaired) electrons. The van der Waals surface area contributed by atoms with Gasteiger partial charge in [-0.1, -0.05) is 167 Å². The van der Waals surface area contributed by atoms with Crippen molar-refractivity contribution in [1.82, 2.24) is 37.5 Å². The molecule has 0 unspecified atom stereocenters. The topological polar surface area (TPSA) is 162 Å². The van der Waals surface area contributed by atoms with Gasteiger partial charge in [0.1, 0.15) is 22.8 Å². The second-order valence-corrected chi connectivity index (χ2v) is 23.0. The molecule has 0 aliphatic rings. The van der Waals surface area contributed by atoms with Crippen LogP contribution in [-0.2, 0) is 50.4 Å². The van der Waals surface area contributed by atoms with E-state index in [4.69, 9.17) is 49.2 Å². The summed E-state index contributed by atoms with van der Waals surface area (Å²) >= 11 is 0. The number of benzene rings is 12. The molecule has 0 amide bonds. The summed E-state index contributed by atoms with van der Waals surface area (Å²) in [6.07, 6.45) is 0. The van der Waals surface area contributed by atoms with Gasteiger partial charge >= 0.3 is 20.4 Å². The molecule has 0 atom stereocenters. The zero-order valence-electron chi connectivity index (χ0n) is 51.0. The first-order valence-electron chi connectivity index (χ1n) is 30.6. The number of carbonyl (C=O) groups is 2. The largest absolute Gasteiger partial charge is 2.00 e. The average molecular weight is 1430 g/mol. The fraction of sp³-hybridized carbons (Fsp3) is 0.0250. The van der Waals surface area contributed by atoms with Gasteiger partial charge in [0.15, 0.2) is 0 Å². The predicted molar refractivity (Wildman–Crippen MR) is 375 cm³/mol. The van der Waals surface area contributed by atoms with Gasteiger partial charge in [-0.2, -0.15) is 0 Å². The van der Waals surface area contributed by atoms with E-state index in [0.29, 0.717) is 11.5 Å². The maximum Gasteiger partial charge on any atom is 2.00 e. The second-order valence-electron chi connectivity index (χ2n) is 23.0. The Kier molecular flexibility index (Phi) is 15.4. The Hall–Kier alpha value is -11.6. The molecule has 96 heavy (non-hydrogen) atoms. The maximum atomic E-state index is 9.00. The summed E-state index contributed by atoms with van der Waals surface area (Å²) in [6.45, 7) is 2.17. The third-order valence-electron chi connectivity index (χ3n) is 17.2. The van der Waals surface area contributed by atoms with Gasteiger partial charge < -0.3 is 28.5 Å². The van der Waals surface area contributed by atoms with Crippen LogP contribution in [0.4, 0.5) is 0 Å². The van der Waals surface area contributed by atoms with E-state index in [-0.39, 0.29) is 40.8 Å². The quantitative estimate of drug-likeness (QED) is 0.0985. The van der Waals surface area contributed by atoms with E-state index in [1.165, 1.54) is 10.8 Å².